The van der Waals surface area contributed by atoms with Crippen LogP contribution in [0.25, 0.3) is 0 Å². The molecule has 164 valence electrons. The number of aliphatic hydroxyl groups is 1. The van der Waals surface area contributed by atoms with Gasteiger partial charge in [-0.25, -0.2) is 0 Å². The van der Waals surface area contributed by atoms with Crippen molar-refractivity contribution in [2.75, 3.05) is 6.61 Å². The molecular weight excluding hydrogens is 382 g/mol. The number of carboxylic acid groups (broad SMARTS) is 1. The number of aliphatic hydroxyl groups excluding tert-OH is 1. The summed E-state index contributed by atoms with van der Waals surface area (Å²) in [5.74, 6) is 0.603. The molecule has 6 nitrogen and oxygen atoms in total. The minimum atomic E-state index is -0.712. The lowest BCUT2D eigenvalue weighted by Gasteiger charge is -2.48. The lowest BCUT2D eigenvalue weighted by Crippen LogP contribution is -2.55. The van der Waals surface area contributed by atoms with E-state index in [1.807, 2.05) is 12.1 Å². The van der Waals surface area contributed by atoms with Gasteiger partial charge < -0.3 is 20.3 Å². The van der Waals surface area contributed by atoms with Crippen LogP contribution >= 0.6 is 0 Å². The summed E-state index contributed by atoms with van der Waals surface area (Å²) in [5, 5.41) is 22.1. The topological polar surface area (TPSA) is 95.9 Å². The highest BCUT2D eigenvalue weighted by atomic mass is 16.5. The molecule has 1 aromatic rings. The largest absolute Gasteiger partial charge is 0.490 e. The lowest BCUT2D eigenvalue weighted by molar-refractivity contribution is -0.143. The first-order chi connectivity index (χ1) is 14.5. The average Bonchev–Trinajstić information content (AvgIpc) is 2.74. The molecular formula is C24H33NO5. The number of aliphatic carboxylic acids is 1. The van der Waals surface area contributed by atoms with Crippen LogP contribution in [0.1, 0.15) is 74.6 Å². The summed E-state index contributed by atoms with van der Waals surface area (Å²) in [4.78, 5) is 24.0. The van der Waals surface area contributed by atoms with Crippen LogP contribution in [0.4, 0.5) is 0 Å². The van der Waals surface area contributed by atoms with Crippen molar-refractivity contribution in [1.82, 2.24) is 5.32 Å². The number of ether oxygens (including phenoxy) is 1. The fraction of sp³-hybridized carbons (Fsp3) is 0.667. The van der Waals surface area contributed by atoms with Crippen LogP contribution in [0.3, 0.4) is 0 Å². The molecule has 2 bridgehead atoms. The third-order valence-corrected chi connectivity index (χ3v) is 7.37. The Morgan fingerprint density at radius 3 is 2.47 bits per heavy atom. The van der Waals surface area contributed by atoms with E-state index in [9.17, 15) is 14.7 Å². The Labute approximate surface area is 178 Å². The maximum Gasteiger partial charge on any atom is 0.306 e. The molecule has 0 aromatic heterocycles. The van der Waals surface area contributed by atoms with Crippen LogP contribution in [0.2, 0.25) is 0 Å². The van der Waals surface area contributed by atoms with Crippen molar-refractivity contribution in [3.05, 3.63) is 29.8 Å². The van der Waals surface area contributed by atoms with Crippen molar-refractivity contribution >= 4 is 11.9 Å². The van der Waals surface area contributed by atoms with Crippen LogP contribution < -0.4 is 10.1 Å². The van der Waals surface area contributed by atoms with E-state index in [1.54, 1.807) is 12.1 Å². The second-order valence-corrected chi connectivity index (χ2v) is 9.64. The van der Waals surface area contributed by atoms with Gasteiger partial charge in [0.15, 0.2) is 0 Å². The number of benzene rings is 1. The minimum absolute atomic E-state index is 0.0380. The smallest absolute Gasteiger partial charge is 0.306 e. The Bertz CT molecular complexity index is 755. The van der Waals surface area contributed by atoms with Crippen molar-refractivity contribution in [2.45, 2.75) is 75.9 Å². The number of carbonyl (C=O) groups excluding carboxylic acids is 1. The van der Waals surface area contributed by atoms with E-state index in [0.717, 1.165) is 50.7 Å². The van der Waals surface area contributed by atoms with Gasteiger partial charge in [-0.15, -0.1) is 0 Å². The maximum atomic E-state index is 12.9. The highest BCUT2D eigenvalue weighted by Crippen LogP contribution is 2.45. The normalized spacial score (nSPS) is 33.5. The standard InChI is InChI=1S/C24H33NO5/c26-15-17-12-16-2-1-11-24(13-16,14-17)25-22(27)18-3-7-20(8-4-18)30-21-9-5-19(6-10-21)23(28)29/h3-4,7-8,16-17,19,21,26H,1-2,5-6,9-15H2,(H,25,27)(H,28,29). The van der Waals surface area contributed by atoms with Crippen LogP contribution in [-0.2, 0) is 4.79 Å². The molecule has 0 heterocycles. The number of fused-ring (bicyclic) bond motifs is 2. The van der Waals surface area contributed by atoms with E-state index in [-0.39, 0.29) is 36.0 Å². The highest BCUT2D eigenvalue weighted by molar-refractivity contribution is 5.94. The van der Waals surface area contributed by atoms with Gasteiger partial charge in [-0.3, -0.25) is 9.59 Å². The molecule has 0 aliphatic heterocycles. The number of carbonyl (C=O) groups is 2. The third-order valence-electron chi connectivity index (χ3n) is 7.37. The van der Waals surface area contributed by atoms with Crippen LogP contribution in [0.15, 0.2) is 24.3 Å². The predicted molar refractivity (Wildman–Crippen MR) is 112 cm³/mol. The molecule has 3 unspecified atom stereocenters. The van der Waals surface area contributed by atoms with Crippen molar-refractivity contribution in [1.29, 1.82) is 0 Å². The predicted octanol–water partition coefficient (Wildman–Crippen LogP) is 3.77. The van der Waals surface area contributed by atoms with Crippen LogP contribution in [0, 0.1) is 17.8 Å². The second-order valence-electron chi connectivity index (χ2n) is 9.64. The Balaban J connectivity index is 1.34. The zero-order valence-corrected chi connectivity index (χ0v) is 17.5. The monoisotopic (exact) mass is 415 g/mol. The minimum Gasteiger partial charge on any atom is -0.490 e. The SMILES string of the molecule is O=C(NC12CCCC(CC(CO)C1)C2)c1ccc(OC2CCC(C(=O)O)CC2)cc1. The van der Waals surface area contributed by atoms with E-state index in [0.29, 0.717) is 24.3 Å². The summed E-state index contributed by atoms with van der Waals surface area (Å²) in [7, 11) is 0. The van der Waals surface area contributed by atoms with E-state index >= 15 is 0 Å². The summed E-state index contributed by atoms with van der Waals surface area (Å²) in [6, 6.07) is 7.27. The summed E-state index contributed by atoms with van der Waals surface area (Å²) < 4.78 is 6.01. The molecule has 0 radical (unpaired) electrons. The maximum absolute atomic E-state index is 12.9. The molecule has 3 saturated carbocycles. The van der Waals surface area contributed by atoms with Gasteiger partial charge in [0.1, 0.15) is 5.75 Å². The molecule has 1 amide bonds. The molecule has 3 aliphatic rings. The number of hydrogen-bond acceptors (Lipinski definition) is 4. The van der Waals surface area contributed by atoms with Gasteiger partial charge in [-0.1, -0.05) is 12.8 Å². The molecule has 3 N–H and O–H groups in total. The highest BCUT2D eigenvalue weighted by Gasteiger charge is 2.43. The fourth-order valence-corrected chi connectivity index (χ4v) is 5.90. The van der Waals surface area contributed by atoms with Crippen molar-refractivity contribution < 1.29 is 24.5 Å². The van der Waals surface area contributed by atoms with Gasteiger partial charge in [0, 0.05) is 17.7 Å². The zero-order chi connectivity index (χ0) is 21.1. The van der Waals surface area contributed by atoms with Gasteiger partial charge >= 0.3 is 5.97 Å². The van der Waals surface area contributed by atoms with E-state index in [1.165, 1.54) is 6.42 Å². The molecule has 4 rings (SSSR count). The quantitative estimate of drug-likeness (QED) is 0.657. The van der Waals surface area contributed by atoms with Gasteiger partial charge in [0.25, 0.3) is 5.91 Å². The van der Waals surface area contributed by atoms with Crippen LogP contribution in [-0.4, -0.2) is 40.3 Å². The third kappa shape index (κ3) is 4.80. The van der Waals surface area contributed by atoms with E-state index < -0.39 is 5.97 Å². The first-order valence-corrected chi connectivity index (χ1v) is 11.4. The number of hydrogen-bond donors (Lipinski definition) is 3. The first kappa shape index (κ1) is 21.2. The average molecular weight is 416 g/mol. The molecule has 1 aromatic carbocycles. The fourth-order valence-electron chi connectivity index (χ4n) is 5.90. The molecule has 0 spiro atoms. The van der Waals surface area contributed by atoms with Crippen molar-refractivity contribution in [3.8, 4) is 5.75 Å². The molecule has 30 heavy (non-hydrogen) atoms. The molecule has 3 atom stereocenters. The second kappa shape index (κ2) is 8.96. The molecule has 6 heteroatoms. The van der Waals surface area contributed by atoms with Gasteiger partial charge in [-0.05, 0) is 87.5 Å². The van der Waals surface area contributed by atoms with Gasteiger partial charge in [0.2, 0.25) is 0 Å². The number of amides is 1. The number of nitrogens with one attached hydrogen (secondary N) is 1. The molecule has 3 aliphatic carbocycles. The Kier molecular flexibility index (Phi) is 6.32. The number of carboxylic acids is 1. The van der Waals surface area contributed by atoms with E-state index in [2.05, 4.69) is 5.32 Å². The van der Waals surface area contributed by atoms with Gasteiger partial charge in [0.05, 0.1) is 12.0 Å². The van der Waals surface area contributed by atoms with Crippen molar-refractivity contribution in [2.24, 2.45) is 17.8 Å². The molecule has 3 fully saturated rings. The van der Waals surface area contributed by atoms with Gasteiger partial charge in [-0.2, -0.15) is 0 Å². The van der Waals surface area contributed by atoms with Crippen molar-refractivity contribution in [3.63, 3.8) is 0 Å². The first-order valence-electron chi connectivity index (χ1n) is 11.4. The molecule has 0 saturated heterocycles. The summed E-state index contributed by atoms with van der Waals surface area (Å²) in [6.45, 7) is 0.203. The summed E-state index contributed by atoms with van der Waals surface area (Å²) >= 11 is 0. The summed E-state index contributed by atoms with van der Waals surface area (Å²) in [5.41, 5.74) is 0.448. The lowest BCUT2D eigenvalue weighted by atomic mass is 9.63. The Morgan fingerprint density at radius 1 is 1.07 bits per heavy atom. The van der Waals surface area contributed by atoms with Crippen LogP contribution in [0.5, 0.6) is 5.75 Å². The Hall–Kier alpha value is -2.08. The zero-order valence-electron chi connectivity index (χ0n) is 17.5. The summed E-state index contributed by atoms with van der Waals surface area (Å²) in [6.07, 6.45) is 9.13. The number of rotatable bonds is 6. The Morgan fingerprint density at radius 2 is 1.80 bits per heavy atom. The van der Waals surface area contributed by atoms with E-state index in [4.69, 9.17) is 9.84 Å².